The Hall–Kier alpha value is -2.08. The molecule has 1 aliphatic heterocycles. The second-order valence-electron chi connectivity index (χ2n) is 6.48. The summed E-state index contributed by atoms with van der Waals surface area (Å²) in [6.45, 7) is 4.29. The normalized spacial score (nSPS) is 16.0. The number of amides is 2. The maximum atomic E-state index is 12.6. The average molecular weight is 406 g/mol. The molecule has 0 bridgehead atoms. The van der Waals surface area contributed by atoms with E-state index >= 15 is 0 Å². The van der Waals surface area contributed by atoms with Crippen LogP contribution in [0.25, 0.3) is 0 Å². The highest BCUT2D eigenvalue weighted by molar-refractivity contribution is 6.35. The van der Waals surface area contributed by atoms with E-state index in [9.17, 15) is 9.59 Å². The standard InChI is InChI=1S/C20H21Cl2N3O2/c1-14(19(26)23-18-13-16(21)7-8-17(18)22)24-9-11-25(12-10-24)20(27)15-5-3-2-4-6-15/h2-8,13-14H,9-12H2,1H3,(H,23,26)/t14-/m1/s1. The number of hydrogen-bond donors (Lipinski definition) is 1. The van der Waals surface area contributed by atoms with Gasteiger partial charge in [-0.1, -0.05) is 41.4 Å². The van der Waals surface area contributed by atoms with Gasteiger partial charge >= 0.3 is 0 Å². The Morgan fingerprint density at radius 2 is 1.67 bits per heavy atom. The van der Waals surface area contributed by atoms with Gasteiger partial charge in [-0.25, -0.2) is 0 Å². The van der Waals surface area contributed by atoms with Crippen LogP contribution in [-0.4, -0.2) is 53.8 Å². The number of nitrogens with zero attached hydrogens (tertiary/aromatic N) is 2. The van der Waals surface area contributed by atoms with E-state index in [1.807, 2.05) is 42.2 Å². The highest BCUT2D eigenvalue weighted by atomic mass is 35.5. The molecule has 2 aromatic carbocycles. The van der Waals surface area contributed by atoms with Crippen LogP contribution in [0.2, 0.25) is 10.0 Å². The fourth-order valence-corrected chi connectivity index (χ4v) is 3.41. The van der Waals surface area contributed by atoms with Gasteiger partial charge in [0.25, 0.3) is 5.91 Å². The van der Waals surface area contributed by atoms with Crippen LogP contribution in [0.1, 0.15) is 17.3 Å². The van der Waals surface area contributed by atoms with Crippen molar-refractivity contribution in [2.24, 2.45) is 0 Å². The van der Waals surface area contributed by atoms with Crippen molar-refractivity contribution in [2.75, 3.05) is 31.5 Å². The molecule has 3 rings (SSSR count). The molecule has 0 unspecified atom stereocenters. The molecule has 142 valence electrons. The molecule has 0 aliphatic carbocycles. The molecule has 7 heteroatoms. The number of benzene rings is 2. The molecule has 1 atom stereocenters. The Bertz CT molecular complexity index is 821. The largest absolute Gasteiger partial charge is 0.336 e. The lowest BCUT2D eigenvalue weighted by atomic mass is 10.1. The van der Waals surface area contributed by atoms with Crippen LogP contribution in [0.4, 0.5) is 5.69 Å². The van der Waals surface area contributed by atoms with Gasteiger partial charge in [0, 0.05) is 36.8 Å². The summed E-state index contributed by atoms with van der Waals surface area (Å²) in [7, 11) is 0. The van der Waals surface area contributed by atoms with E-state index in [-0.39, 0.29) is 17.9 Å². The lowest BCUT2D eigenvalue weighted by Crippen LogP contribution is -2.54. The van der Waals surface area contributed by atoms with Crippen LogP contribution in [0.5, 0.6) is 0 Å². The molecule has 0 saturated carbocycles. The molecule has 1 aliphatic rings. The van der Waals surface area contributed by atoms with E-state index in [0.29, 0.717) is 47.5 Å². The number of piperazine rings is 1. The van der Waals surface area contributed by atoms with Crippen molar-refractivity contribution in [3.63, 3.8) is 0 Å². The minimum atomic E-state index is -0.339. The number of nitrogens with one attached hydrogen (secondary N) is 1. The molecule has 5 nitrogen and oxygen atoms in total. The molecule has 0 radical (unpaired) electrons. The first-order chi connectivity index (χ1) is 13.0. The third kappa shape index (κ3) is 4.80. The van der Waals surface area contributed by atoms with E-state index in [1.54, 1.807) is 18.2 Å². The van der Waals surface area contributed by atoms with Gasteiger partial charge in [0.1, 0.15) is 0 Å². The van der Waals surface area contributed by atoms with E-state index in [0.717, 1.165) is 0 Å². The highest BCUT2D eigenvalue weighted by Crippen LogP contribution is 2.25. The van der Waals surface area contributed by atoms with E-state index in [1.165, 1.54) is 0 Å². The van der Waals surface area contributed by atoms with Crippen LogP contribution in [0, 0.1) is 0 Å². The van der Waals surface area contributed by atoms with E-state index in [4.69, 9.17) is 23.2 Å². The first-order valence-corrected chi connectivity index (χ1v) is 9.55. The van der Waals surface area contributed by atoms with Gasteiger partial charge in [-0.15, -0.1) is 0 Å². The van der Waals surface area contributed by atoms with Crippen molar-refractivity contribution in [3.8, 4) is 0 Å². The number of hydrogen-bond acceptors (Lipinski definition) is 3. The van der Waals surface area contributed by atoms with Gasteiger partial charge in [0.2, 0.25) is 5.91 Å². The predicted molar refractivity (Wildman–Crippen MR) is 108 cm³/mol. The summed E-state index contributed by atoms with van der Waals surface area (Å²) in [5.41, 5.74) is 1.19. The van der Waals surface area contributed by atoms with Crippen molar-refractivity contribution >= 4 is 40.7 Å². The first-order valence-electron chi connectivity index (χ1n) is 8.80. The third-order valence-corrected chi connectivity index (χ3v) is 5.30. The lowest BCUT2D eigenvalue weighted by Gasteiger charge is -2.37. The molecule has 1 saturated heterocycles. The molecule has 2 amide bonds. The number of rotatable bonds is 4. The molecule has 1 N–H and O–H groups in total. The molecular weight excluding hydrogens is 385 g/mol. The lowest BCUT2D eigenvalue weighted by molar-refractivity contribution is -0.121. The fraction of sp³-hybridized carbons (Fsp3) is 0.300. The number of carbonyl (C=O) groups is 2. The van der Waals surface area contributed by atoms with E-state index in [2.05, 4.69) is 10.2 Å². The Balaban J connectivity index is 1.56. The van der Waals surface area contributed by atoms with Gasteiger partial charge in [-0.3, -0.25) is 14.5 Å². The van der Waals surface area contributed by atoms with Crippen LogP contribution in [0.15, 0.2) is 48.5 Å². The number of anilines is 1. The second-order valence-corrected chi connectivity index (χ2v) is 7.33. The van der Waals surface area contributed by atoms with Crippen molar-refractivity contribution < 1.29 is 9.59 Å². The zero-order valence-corrected chi connectivity index (χ0v) is 16.5. The van der Waals surface area contributed by atoms with Gasteiger partial charge in [-0.05, 0) is 37.3 Å². The van der Waals surface area contributed by atoms with Crippen molar-refractivity contribution in [1.82, 2.24) is 9.80 Å². The first kappa shape index (κ1) is 19.7. The van der Waals surface area contributed by atoms with Gasteiger partial charge in [0.05, 0.1) is 16.8 Å². The number of halogens is 2. The maximum absolute atomic E-state index is 12.6. The van der Waals surface area contributed by atoms with Crippen molar-refractivity contribution in [1.29, 1.82) is 0 Å². The molecule has 2 aromatic rings. The van der Waals surface area contributed by atoms with Crippen LogP contribution in [0.3, 0.4) is 0 Å². The fourth-order valence-electron chi connectivity index (χ4n) is 3.07. The van der Waals surface area contributed by atoms with Crippen molar-refractivity contribution in [2.45, 2.75) is 13.0 Å². The molecule has 0 aromatic heterocycles. The highest BCUT2D eigenvalue weighted by Gasteiger charge is 2.28. The predicted octanol–water partition coefficient (Wildman–Crippen LogP) is 3.78. The Labute approximate surface area is 168 Å². The van der Waals surface area contributed by atoms with E-state index < -0.39 is 0 Å². The SMILES string of the molecule is C[C@H](C(=O)Nc1cc(Cl)ccc1Cl)N1CCN(C(=O)c2ccccc2)CC1. The Morgan fingerprint density at radius 3 is 2.33 bits per heavy atom. The zero-order valence-electron chi connectivity index (χ0n) is 15.0. The van der Waals surface area contributed by atoms with Crippen LogP contribution in [-0.2, 0) is 4.79 Å². The molecule has 0 spiro atoms. The Kier molecular flexibility index (Phi) is 6.37. The summed E-state index contributed by atoms with van der Waals surface area (Å²) in [5, 5.41) is 3.78. The van der Waals surface area contributed by atoms with Gasteiger partial charge in [0.15, 0.2) is 0 Å². The summed E-state index contributed by atoms with van der Waals surface area (Å²) in [5.74, 6) is -0.125. The summed E-state index contributed by atoms with van der Waals surface area (Å²) < 4.78 is 0. The van der Waals surface area contributed by atoms with Gasteiger partial charge < -0.3 is 10.2 Å². The summed E-state index contributed by atoms with van der Waals surface area (Å²) in [6.07, 6.45) is 0. The van der Waals surface area contributed by atoms with Gasteiger partial charge in [-0.2, -0.15) is 0 Å². The maximum Gasteiger partial charge on any atom is 0.253 e. The molecular formula is C20H21Cl2N3O2. The smallest absolute Gasteiger partial charge is 0.253 e. The minimum absolute atomic E-state index is 0.0260. The molecule has 1 fully saturated rings. The summed E-state index contributed by atoms with van der Waals surface area (Å²) in [6, 6.07) is 13.9. The number of carbonyl (C=O) groups excluding carboxylic acids is 2. The van der Waals surface area contributed by atoms with Crippen LogP contribution >= 0.6 is 23.2 Å². The monoisotopic (exact) mass is 405 g/mol. The third-order valence-electron chi connectivity index (χ3n) is 4.74. The van der Waals surface area contributed by atoms with Crippen molar-refractivity contribution in [3.05, 3.63) is 64.1 Å². The summed E-state index contributed by atoms with van der Waals surface area (Å²) in [4.78, 5) is 29.0. The summed E-state index contributed by atoms with van der Waals surface area (Å²) >= 11 is 12.1. The average Bonchev–Trinajstić information content (AvgIpc) is 2.70. The van der Waals surface area contributed by atoms with Crippen LogP contribution < -0.4 is 5.32 Å². The molecule has 1 heterocycles. The topological polar surface area (TPSA) is 52.7 Å². The second kappa shape index (κ2) is 8.74. The Morgan fingerprint density at radius 1 is 1.00 bits per heavy atom. The zero-order chi connectivity index (χ0) is 19.4. The molecule has 27 heavy (non-hydrogen) atoms. The quantitative estimate of drug-likeness (QED) is 0.841. The minimum Gasteiger partial charge on any atom is -0.336 e.